The van der Waals surface area contributed by atoms with E-state index in [1.165, 1.54) is 12.0 Å². The van der Waals surface area contributed by atoms with Crippen molar-refractivity contribution >= 4 is 0 Å². The van der Waals surface area contributed by atoms with Gasteiger partial charge in [-0.05, 0) is 44.4 Å². The van der Waals surface area contributed by atoms with Crippen molar-refractivity contribution in [3.05, 3.63) is 11.6 Å². The van der Waals surface area contributed by atoms with E-state index in [2.05, 4.69) is 26.8 Å². The first-order valence-electron chi connectivity index (χ1n) is 5.46. The lowest BCUT2D eigenvalue weighted by molar-refractivity contribution is 0.116. The normalized spacial score (nSPS) is 39.8. The predicted octanol–water partition coefficient (Wildman–Crippen LogP) is 2.75. The molecule has 0 heterocycles. The summed E-state index contributed by atoms with van der Waals surface area (Å²) in [5.41, 5.74) is 1.15. The summed E-state index contributed by atoms with van der Waals surface area (Å²) >= 11 is 0. The summed E-state index contributed by atoms with van der Waals surface area (Å²) < 4.78 is 0. The molecule has 0 aromatic carbocycles. The van der Waals surface area contributed by atoms with Crippen LogP contribution in [0.2, 0.25) is 0 Å². The van der Waals surface area contributed by atoms with Crippen LogP contribution in [0.1, 0.15) is 40.0 Å². The molecule has 0 bridgehead atoms. The Balaban J connectivity index is 2.02. The molecule has 0 aromatic heterocycles. The van der Waals surface area contributed by atoms with Crippen molar-refractivity contribution in [2.75, 3.05) is 0 Å². The fraction of sp³-hybridized carbons (Fsp3) is 0.833. The molecule has 1 nitrogen and oxygen atoms in total. The number of hydrogen-bond donors (Lipinski definition) is 1. The maximum atomic E-state index is 10.0. The van der Waals surface area contributed by atoms with E-state index in [0.29, 0.717) is 11.8 Å². The lowest BCUT2D eigenvalue weighted by atomic mass is 10.1. The summed E-state index contributed by atoms with van der Waals surface area (Å²) in [4.78, 5) is 0. The number of allylic oxidation sites excluding steroid dienone is 2. The molecule has 13 heavy (non-hydrogen) atoms. The molecule has 0 saturated heterocycles. The molecule has 2 saturated carbocycles. The zero-order chi connectivity index (χ0) is 9.64. The molecular weight excluding hydrogens is 160 g/mol. The number of hydrogen-bond acceptors (Lipinski definition) is 1. The highest BCUT2D eigenvalue weighted by Gasteiger charge is 2.63. The van der Waals surface area contributed by atoms with E-state index in [9.17, 15) is 5.11 Å². The first kappa shape index (κ1) is 9.26. The van der Waals surface area contributed by atoms with Crippen LogP contribution in [-0.4, -0.2) is 10.7 Å². The topological polar surface area (TPSA) is 20.2 Å². The highest BCUT2D eigenvalue weighted by atomic mass is 16.3. The van der Waals surface area contributed by atoms with Crippen LogP contribution in [0.5, 0.6) is 0 Å². The standard InChI is InChI=1S/C12H20O/c1-4-9-10(7-8(2)3)11(9)12(13)5-6-12/h7,9-11,13H,4-6H2,1-3H3. The summed E-state index contributed by atoms with van der Waals surface area (Å²) in [6, 6.07) is 0. The van der Waals surface area contributed by atoms with Crippen molar-refractivity contribution in [3.8, 4) is 0 Å². The van der Waals surface area contributed by atoms with E-state index in [0.717, 1.165) is 18.8 Å². The van der Waals surface area contributed by atoms with Gasteiger partial charge in [-0.15, -0.1) is 0 Å². The van der Waals surface area contributed by atoms with E-state index in [1.54, 1.807) is 0 Å². The lowest BCUT2D eigenvalue weighted by Crippen LogP contribution is -2.11. The average Bonchev–Trinajstić information content (AvgIpc) is 2.88. The van der Waals surface area contributed by atoms with Crippen molar-refractivity contribution in [1.82, 2.24) is 0 Å². The first-order valence-corrected chi connectivity index (χ1v) is 5.46. The van der Waals surface area contributed by atoms with Gasteiger partial charge in [-0.3, -0.25) is 0 Å². The van der Waals surface area contributed by atoms with Gasteiger partial charge in [0, 0.05) is 0 Å². The first-order chi connectivity index (χ1) is 6.08. The molecule has 1 N–H and O–H groups in total. The van der Waals surface area contributed by atoms with Crippen molar-refractivity contribution in [1.29, 1.82) is 0 Å². The molecule has 0 amide bonds. The summed E-state index contributed by atoms with van der Waals surface area (Å²) in [6.07, 6.45) is 5.67. The molecule has 3 unspecified atom stereocenters. The van der Waals surface area contributed by atoms with Gasteiger partial charge in [0.2, 0.25) is 0 Å². The maximum absolute atomic E-state index is 10.0. The van der Waals surface area contributed by atoms with E-state index >= 15 is 0 Å². The quantitative estimate of drug-likeness (QED) is 0.662. The molecule has 2 fully saturated rings. The predicted molar refractivity (Wildman–Crippen MR) is 54.4 cm³/mol. The zero-order valence-corrected chi connectivity index (χ0v) is 8.88. The van der Waals surface area contributed by atoms with Crippen molar-refractivity contribution in [2.45, 2.75) is 45.6 Å². The summed E-state index contributed by atoms with van der Waals surface area (Å²) in [7, 11) is 0. The van der Waals surface area contributed by atoms with Gasteiger partial charge in [0.25, 0.3) is 0 Å². The molecule has 1 heteroatoms. The molecule has 2 aliphatic carbocycles. The van der Waals surface area contributed by atoms with Gasteiger partial charge in [0.05, 0.1) is 5.60 Å². The van der Waals surface area contributed by atoms with Gasteiger partial charge in [-0.25, -0.2) is 0 Å². The molecule has 0 spiro atoms. The van der Waals surface area contributed by atoms with Crippen molar-refractivity contribution < 1.29 is 5.11 Å². The Hall–Kier alpha value is -0.300. The van der Waals surface area contributed by atoms with Gasteiger partial charge in [0.1, 0.15) is 0 Å². The third-order valence-corrected chi connectivity index (χ3v) is 3.61. The van der Waals surface area contributed by atoms with Gasteiger partial charge < -0.3 is 5.11 Å². The molecule has 2 rings (SSSR count). The maximum Gasteiger partial charge on any atom is 0.0686 e. The fourth-order valence-electron chi connectivity index (χ4n) is 2.76. The van der Waals surface area contributed by atoms with Gasteiger partial charge >= 0.3 is 0 Å². The SMILES string of the molecule is CCC1C(C=C(C)C)C1C1(O)CC1. The molecular formula is C12H20O. The summed E-state index contributed by atoms with van der Waals surface area (Å²) in [5, 5.41) is 10.0. The summed E-state index contributed by atoms with van der Waals surface area (Å²) in [5.74, 6) is 2.04. The van der Waals surface area contributed by atoms with E-state index in [-0.39, 0.29) is 5.60 Å². The Bertz CT molecular complexity index is 234. The summed E-state index contributed by atoms with van der Waals surface area (Å²) in [6.45, 7) is 6.54. The Morgan fingerprint density at radius 3 is 2.46 bits per heavy atom. The van der Waals surface area contributed by atoms with Crippen molar-refractivity contribution in [2.24, 2.45) is 17.8 Å². The molecule has 0 radical (unpaired) electrons. The van der Waals surface area contributed by atoms with Crippen LogP contribution in [0.15, 0.2) is 11.6 Å². The molecule has 3 atom stereocenters. The van der Waals surface area contributed by atoms with Crippen LogP contribution in [0.3, 0.4) is 0 Å². The van der Waals surface area contributed by atoms with Gasteiger partial charge in [-0.1, -0.05) is 25.0 Å². The zero-order valence-electron chi connectivity index (χ0n) is 8.88. The highest BCUT2D eigenvalue weighted by Crippen LogP contribution is 2.63. The van der Waals surface area contributed by atoms with Crippen LogP contribution in [0.25, 0.3) is 0 Å². The minimum absolute atomic E-state index is 0.253. The lowest BCUT2D eigenvalue weighted by Gasteiger charge is -2.04. The third-order valence-electron chi connectivity index (χ3n) is 3.61. The number of aliphatic hydroxyl groups is 1. The van der Waals surface area contributed by atoms with Crippen LogP contribution in [-0.2, 0) is 0 Å². The van der Waals surface area contributed by atoms with Crippen LogP contribution in [0.4, 0.5) is 0 Å². The Morgan fingerprint density at radius 2 is 2.08 bits per heavy atom. The molecule has 0 aromatic rings. The Morgan fingerprint density at radius 1 is 1.46 bits per heavy atom. The monoisotopic (exact) mass is 180 g/mol. The third kappa shape index (κ3) is 1.54. The van der Waals surface area contributed by atoms with E-state index < -0.39 is 0 Å². The second-order valence-corrected chi connectivity index (χ2v) is 5.02. The van der Waals surface area contributed by atoms with Crippen LogP contribution < -0.4 is 0 Å². The van der Waals surface area contributed by atoms with Gasteiger partial charge in [0.15, 0.2) is 0 Å². The minimum Gasteiger partial charge on any atom is -0.390 e. The molecule has 74 valence electrons. The average molecular weight is 180 g/mol. The Kier molecular flexibility index (Phi) is 2.03. The minimum atomic E-state index is -0.253. The van der Waals surface area contributed by atoms with Gasteiger partial charge in [-0.2, -0.15) is 0 Å². The molecule has 0 aliphatic heterocycles. The second-order valence-electron chi connectivity index (χ2n) is 5.02. The van der Waals surface area contributed by atoms with Crippen LogP contribution >= 0.6 is 0 Å². The largest absolute Gasteiger partial charge is 0.390 e. The van der Waals surface area contributed by atoms with E-state index in [4.69, 9.17) is 0 Å². The van der Waals surface area contributed by atoms with E-state index in [1.807, 2.05) is 0 Å². The second kappa shape index (κ2) is 2.84. The smallest absolute Gasteiger partial charge is 0.0686 e. The highest BCUT2D eigenvalue weighted by molar-refractivity contribution is 5.20. The van der Waals surface area contributed by atoms with Crippen LogP contribution in [0, 0.1) is 17.8 Å². The Labute approximate surface area is 80.8 Å². The fourth-order valence-corrected chi connectivity index (χ4v) is 2.76. The molecule has 2 aliphatic rings. The van der Waals surface area contributed by atoms with Crippen molar-refractivity contribution in [3.63, 3.8) is 0 Å². The number of rotatable bonds is 3.